The molecular weight excluding hydrogens is 475 g/mol. The Balaban J connectivity index is 8.13. The molecule has 0 radical (unpaired) electrons. The van der Waals surface area contributed by atoms with Gasteiger partial charge in [-0.25, -0.2) is 0 Å². The summed E-state index contributed by atoms with van der Waals surface area (Å²) < 4.78 is 8.08. The van der Waals surface area contributed by atoms with Crippen LogP contribution in [0.4, 0.5) is 0 Å². The van der Waals surface area contributed by atoms with Crippen molar-refractivity contribution in [3.63, 3.8) is 0 Å². The zero-order valence-corrected chi connectivity index (χ0v) is 25.8. The fourth-order valence-corrected chi connectivity index (χ4v) is 9.89. The third-order valence-corrected chi connectivity index (χ3v) is 13.2. The predicted molar refractivity (Wildman–Crippen MR) is 152 cm³/mol. The monoisotopic (exact) mass is 522 g/mol. The quantitative estimate of drug-likeness (QED) is 0.310. The second kappa shape index (κ2) is 12.0. The standard InChI is InChI=1S/C20H48ClN12P/c1-22-17(26(5)6)30(13)34(21,31(14)18(23-2)27(7)8,32(15)19(24-3)28(9)10)33(16)20(25-4)29(11)12/h1-16H3. The van der Waals surface area contributed by atoms with Crippen molar-refractivity contribution in [1.82, 2.24) is 38.3 Å². The molecule has 0 aliphatic heterocycles. The van der Waals surface area contributed by atoms with E-state index in [1.807, 2.05) is 123 Å². The number of aliphatic imine (C=N–C) groups is 4. The second-order valence-electron chi connectivity index (χ2n) is 8.61. The Labute approximate surface area is 212 Å². The summed E-state index contributed by atoms with van der Waals surface area (Å²) >= 11 is 8.27. The second-order valence-corrected chi connectivity index (χ2v) is 14.5. The molecule has 0 heterocycles. The molecular formula is C20H48ClN12P. The van der Waals surface area contributed by atoms with E-state index in [4.69, 9.17) is 11.2 Å². The average Bonchev–Trinajstić information content (AvgIpc) is 2.73. The summed E-state index contributed by atoms with van der Waals surface area (Å²) in [5.74, 6) is 2.71. The number of hydrogen-bond donors (Lipinski definition) is 0. The Morgan fingerprint density at radius 1 is 0.412 bits per heavy atom. The molecule has 0 aromatic carbocycles. The minimum absolute atomic E-state index is 0.677. The molecule has 34 heavy (non-hydrogen) atoms. The van der Waals surface area contributed by atoms with Gasteiger partial charge in [0.25, 0.3) is 0 Å². The van der Waals surface area contributed by atoms with Gasteiger partial charge in [-0.15, -0.1) is 0 Å². The van der Waals surface area contributed by atoms with Gasteiger partial charge in [0.1, 0.15) is 0 Å². The molecule has 0 saturated carbocycles. The molecule has 0 aliphatic carbocycles. The Hall–Kier alpha value is -2.20. The third-order valence-electron chi connectivity index (χ3n) is 5.62. The summed E-state index contributed by atoms with van der Waals surface area (Å²) in [4.78, 5) is 26.2. The first kappa shape index (κ1) is 31.8. The van der Waals surface area contributed by atoms with Crippen LogP contribution in [0.2, 0.25) is 0 Å². The Bertz CT molecular complexity index is 674. The van der Waals surface area contributed by atoms with E-state index in [1.54, 1.807) is 28.2 Å². The van der Waals surface area contributed by atoms with Gasteiger partial charge in [-0.1, -0.05) is 0 Å². The molecule has 12 nitrogen and oxygen atoms in total. The van der Waals surface area contributed by atoms with Gasteiger partial charge in [0.2, 0.25) is 0 Å². The van der Waals surface area contributed by atoms with Crippen molar-refractivity contribution in [2.24, 2.45) is 20.0 Å². The summed E-state index contributed by atoms with van der Waals surface area (Å²) in [6.07, 6.45) is 0. The molecule has 0 fully saturated rings. The molecule has 0 saturated heterocycles. The van der Waals surface area contributed by atoms with E-state index in [-0.39, 0.29) is 0 Å². The van der Waals surface area contributed by atoms with Gasteiger partial charge in [0, 0.05) is 0 Å². The van der Waals surface area contributed by atoms with Crippen LogP contribution in [0.1, 0.15) is 0 Å². The van der Waals surface area contributed by atoms with E-state index in [0.29, 0.717) is 23.8 Å². The summed E-state index contributed by atoms with van der Waals surface area (Å²) in [5.41, 5.74) is 0. The van der Waals surface area contributed by atoms with Crippen molar-refractivity contribution < 1.29 is 0 Å². The molecule has 0 atom stereocenters. The normalized spacial score (nSPS) is 14.8. The number of nitrogens with zero attached hydrogens (tertiary/aromatic N) is 12. The Morgan fingerprint density at radius 2 is 0.559 bits per heavy atom. The van der Waals surface area contributed by atoms with Crippen molar-refractivity contribution in [3.8, 4) is 0 Å². The van der Waals surface area contributed by atoms with Crippen LogP contribution in [0.5, 0.6) is 0 Å². The van der Waals surface area contributed by atoms with Gasteiger partial charge in [0.15, 0.2) is 0 Å². The molecule has 0 bridgehead atoms. The first-order valence-corrected chi connectivity index (χ1v) is 13.8. The minimum atomic E-state index is -4.21. The molecule has 0 N–H and O–H groups in total. The molecule has 0 spiro atoms. The van der Waals surface area contributed by atoms with E-state index in [9.17, 15) is 0 Å². The molecule has 0 rings (SSSR count). The summed E-state index contributed by atoms with van der Waals surface area (Å²) in [5, 5.41) is 0. The van der Waals surface area contributed by atoms with E-state index in [2.05, 4.69) is 20.0 Å². The topological polar surface area (TPSA) is 75.4 Å². The zero-order chi connectivity index (χ0) is 27.2. The maximum atomic E-state index is 8.27. The van der Waals surface area contributed by atoms with E-state index in [1.165, 1.54) is 0 Å². The number of hydrogen-bond acceptors (Lipinski definition) is 4. The fraction of sp³-hybridized carbons (Fsp3) is 0.800. The summed E-state index contributed by atoms with van der Waals surface area (Å²) in [7, 11) is 30.4. The number of guanidine groups is 4. The third kappa shape index (κ3) is 5.07. The van der Waals surface area contributed by atoms with Crippen LogP contribution in [-0.4, -0.2) is 175 Å². The molecule has 0 unspecified atom stereocenters. The van der Waals surface area contributed by atoms with Gasteiger partial charge in [-0.2, -0.15) is 0 Å². The van der Waals surface area contributed by atoms with Crippen molar-refractivity contribution in [2.75, 3.05) is 113 Å². The summed E-state index contributed by atoms with van der Waals surface area (Å²) in [6, 6.07) is 0. The van der Waals surface area contributed by atoms with Crippen molar-refractivity contribution in [2.45, 2.75) is 0 Å². The van der Waals surface area contributed by atoms with E-state index in [0.717, 1.165) is 0 Å². The first-order chi connectivity index (χ1) is 15.5. The van der Waals surface area contributed by atoms with Crippen molar-refractivity contribution in [1.29, 1.82) is 0 Å². The van der Waals surface area contributed by atoms with E-state index < -0.39 is 6.56 Å². The van der Waals surface area contributed by atoms with Crippen LogP contribution < -0.4 is 0 Å². The van der Waals surface area contributed by atoms with Gasteiger partial charge in [-0.05, 0) is 0 Å². The van der Waals surface area contributed by atoms with Crippen LogP contribution >= 0.6 is 17.8 Å². The Morgan fingerprint density at radius 3 is 0.647 bits per heavy atom. The SMILES string of the molecule is CN=C(N(C)C)N(C)P(Cl)(N(C)C(=NC)N(C)C)(N(C)C(=NC)N(C)C)N(C)C(=NC)N(C)C. The number of rotatable bonds is 4. The van der Waals surface area contributed by atoms with Gasteiger partial charge < -0.3 is 0 Å². The van der Waals surface area contributed by atoms with Gasteiger partial charge >= 0.3 is 213 Å². The van der Waals surface area contributed by atoms with Crippen LogP contribution in [0.25, 0.3) is 0 Å². The first-order valence-electron chi connectivity index (χ1n) is 10.8. The van der Waals surface area contributed by atoms with Crippen molar-refractivity contribution >= 4 is 41.6 Å². The molecule has 0 aliphatic rings. The Kier molecular flexibility index (Phi) is 11.2. The number of halogens is 1. The van der Waals surface area contributed by atoms with E-state index >= 15 is 0 Å². The molecule has 14 heteroatoms. The molecule has 200 valence electrons. The predicted octanol–water partition coefficient (Wildman–Crippen LogP) is 1.27. The molecule has 0 amide bonds. The molecule has 0 aromatic heterocycles. The van der Waals surface area contributed by atoms with Gasteiger partial charge in [0.05, 0.1) is 0 Å². The van der Waals surface area contributed by atoms with Crippen LogP contribution in [0, 0.1) is 0 Å². The summed E-state index contributed by atoms with van der Waals surface area (Å²) in [6.45, 7) is -4.21. The van der Waals surface area contributed by atoms with Crippen LogP contribution in [-0.2, 0) is 0 Å². The molecule has 0 aromatic rings. The van der Waals surface area contributed by atoms with Gasteiger partial charge in [-0.3, -0.25) is 0 Å². The van der Waals surface area contributed by atoms with Crippen molar-refractivity contribution in [3.05, 3.63) is 0 Å². The average molecular weight is 523 g/mol. The maximum absolute atomic E-state index is 8.27. The van der Waals surface area contributed by atoms with Crippen LogP contribution in [0.3, 0.4) is 0 Å². The zero-order valence-electron chi connectivity index (χ0n) is 24.2. The fourth-order valence-electron chi connectivity index (χ4n) is 4.36. The van der Waals surface area contributed by atoms with Crippen LogP contribution in [0.15, 0.2) is 20.0 Å².